The van der Waals surface area contributed by atoms with Crippen LogP contribution in [0.4, 0.5) is 35.1 Å². The number of anilines is 3. The number of ether oxygens (including phenoxy) is 3. The molecule has 4 aliphatic heterocycles. The number of rotatable bonds is 5. The van der Waals surface area contributed by atoms with Crippen LogP contribution in [-0.2, 0) is 27.4 Å². The zero-order chi connectivity index (χ0) is 40.7. The zero-order valence-corrected chi connectivity index (χ0v) is 34.4. The lowest BCUT2D eigenvalue weighted by molar-refractivity contribution is 0.0209. The van der Waals surface area contributed by atoms with Gasteiger partial charge in [-0.2, -0.15) is 10.2 Å². The predicted octanol–water partition coefficient (Wildman–Crippen LogP) is 7.77. The molecule has 2 amide bonds. The van der Waals surface area contributed by atoms with E-state index in [-0.39, 0.29) is 70.0 Å². The first-order chi connectivity index (χ1) is 26.9. The number of carbonyl (C=O) groups is 2. The summed E-state index contributed by atoms with van der Waals surface area (Å²) < 4.78 is 52.1. The number of hydrogen-bond acceptors (Lipinski definition) is 12. The second-order valence-corrected chi connectivity index (χ2v) is 18.6. The number of thiophene rings is 1. The maximum atomic E-state index is 17.9. The highest BCUT2D eigenvalue weighted by Gasteiger charge is 2.45. The Bertz CT molecular complexity index is 2330. The molecule has 3 fully saturated rings. The Kier molecular flexibility index (Phi) is 9.72. The van der Waals surface area contributed by atoms with E-state index in [1.807, 2.05) is 34.9 Å². The fourth-order valence-electron chi connectivity index (χ4n) is 8.66. The molecule has 0 radical (unpaired) electrons. The van der Waals surface area contributed by atoms with E-state index in [0.717, 1.165) is 30.6 Å². The van der Waals surface area contributed by atoms with Crippen LogP contribution in [0.3, 0.4) is 0 Å². The largest absolute Gasteiger partial charge is 0.444 e. The van der Waals surface area contributed by atoms with E-state index in [9.17, 15) is 14.9 Å². The standard InChI is InChI=1S/C41H48F2N8O5S/c1-40(2,3)55-38(52)47-36-24(15-44)29-28(57-36)12-11-27(42)32(29)30-25-19-54-20-26(25)31-34(33(30)43)45-37(49-14-13-21(16-49)48(7)8)46-35(31)51-22-9-10-23(51)18-50(17-22)39(53)56-41(4,5)6/h11-12,21-23H,9-10,13-14,16-20H2,1-8H3,(H,47,52)/t21-,22?,23?/m0/s1. The van der Waals surface area contributed by atoms with Crippen LogP contribution >= 0.6 is 11.3 Å². The SMILES string of the molecule is CN(C)[C@H]1CCN(c2nc(N3C4CCC3CN(C(=O)OC(C)(C)C)C4)c3c4c(c(-c5c(F)ccc6sc(NC(=O)OC(C)(C)C)c(C#N)c56)c(F)c3n2)COC4)C1. The van der Waals surface area contributed by atoms with E-state index in [0.29, 0.717) is 59.2 Å². The normalized spacial score (nSPS) is 20.8. The van der Waals surface area contributed by atoms with Crippen molar-refractivity contribution in [2.45, 2.75) is 103 Å². The average molecular weight is 803 g/mol. The number of likely N-dealkylation sites (N-methyl/N-ethyl adjacent to an activating group) is 1. The molecule has 0 aliphatic carbocycles. The van der Waals surface area contributed by atoms with Gasteiger partial charge in [0.2, 0.25) is 5.95 Å². The smallest absolute Gasteiger partial charge is 0.412 e. The Balaban J connectivity index is 1.32. The first kappa shape index (κ1) is 39.0. The number of halogens is 2. The molecule has 3 atom stereocenters. The number of hydrogen-bond donors (Lipinski definition) is 1. The van der Waals surface area contributed by atoms with Crippen LogP contribution in [-0.4, -0.2) is 102 Å². The van der Waals surface area contributed by atoms with Crippen LogP contribution in [0.5, 0.6) is 0 Å². The minimum absolute atomic E-state index is 0.000492. The van der Waals surface area contributed by atoms with E-state index >= 15 is 8.78 Å². The van der Waals surface area contributed by atoms with Crippen molar-refractivity contribution in [3.8, 4) is 17.2 Å². The third-order valence-electron chi connectivity index (χ3n) is 11.1. The lowest BCUT2D eigenvalue weighted by Gasteiger charge is -2.42. The molecule has 0 spiro atoms. The minimum atomic E-state index is -0.799. The monoisotopic (exact) mass is 802 g/mol. The van der Waals surface area contributed by atoms with E-state index < -0.39 is 28.9 Å². The number of nitriles is 1. The first-order valence-corrected chi connectivity index (χ1v) is 20.2. The number of carbonyl (C=O) groups excluding carboxylic acids is 2. The topological polar surface area (TPSA) is 136 Å². The molecule has 1 N–H and O–H groups in total. The molecule has 2 unspecified atom stereocenters. The van der Waals surface area contributed by atoms with Gasteiger partial charge in [0.25, 0.3) is 0 Å². The van der Waals surface area contributed by atoms with Crippen LogP contribution in [0.1, 0.15) is 77.5 Å². The number of benzene rings is 2. The molecule has 4 aromatic rings. The van der Waals surface area contributed by atoms with Crippen LogP contribution < -0.4 is 15.1 Å². The van der Waals surface area contributed by atoms with Crippen molar-refractivity contribution in [2.24, 2.45) is 0 Å². The Morgan fingerprint density at radius 2 is 1.63 bits per heavy atom. The number of nitrogens with one attached hydrogen (secondary N) is 1. The Hall–Kier alpha value is -4.85. The van der Waals surface area contributed by atoms with Crippen LogP contribution in [0.15, 0.2) is 12.1 Å². The molecule has 57 heavy (non-hydrogen) atoms. The van der Waals surface area contributed by atoms with Gasteiger partial charge >= 0.3 is 12.2 Å². The van der Waals surface area contributed by atoms with Crippen molar-refractivity contribution < 1.29 is 32.6 Å². The number of aromatic nitrogens is 2. The summed E-state index contributed by atoms with van der Waals surface area (Å²) in [5.74, 6) is -0.532. The molecular formula is C41H48F2N8O5S. The summed E-state index contributed by atoms with van der Waals surface area (Å²) in [4.78, 5) is 44.5. The van der Waals surface area contributed by atoms with Crippen molar-refractivity contribution in [3.63, 3.8) is 0 Å². The van der Waals surface area contributed by atoms with Crippen LogP contribution in [0.25, 0.3) is 32.1 Å². The number of amides is 2. The first-order valence-electron chi connectivity index (χ1n) is 19.4. The third kappa shape index (κ3) is 7.08. The number of nitrogens with zero attached hydrogens (tertiary/aromatic N) is 7. The van der Waals surface area contributed by atoms with Gasteiger partial charge < -0.3 is 33.8 Å². The number of piperazine rings is 1. The molecule has 8 rings (SSSR count). The van der Waals surface area contributed by atoms with Crippen molar-refractivity contribution in [2.75, 3.05) is 55.4 Å². The Morgan fingerprint density at radius 3 is 2.26 bits per heavy atom. The third-order valence-corrected chi connectivity index (χ3v) is 12.2. The Morgan fingerprint density at radius 1 is 0.947 bits per heavy atom. The average Bonchev–Trinajstić information content (AvgIpc) is 3.92. The van der Waals surface area contributed by atoms with Crippen LogP contribution in [0, 0.1) is 23.0 Å². The fourth-order valence-corrected chi connectivity index (χ4v) is 9.71. The quantitative estimate of drug-likeness (QED) is 0.212. The highest BCUT2D eigenvalue weighted by molar-refractivity contribution is 7.23. The molecular weight excluding hydrogens is 755 g/mol. The molecule has 3 saturated heterocycles. The molecule has 302 valence electrons. The molecule has 0 saturated carbocycles. The van der Waals surface area contributed by atoms with E-state index in [4.69, 9.17) is 24.2 Å². The number of likely N-dealkylation sites (tertiary alicyclic amines) is 1. The van der Waals surface area contributed by atoms with Gasteiger partial charge in [-0.25, -0.2) is 23.4 Å². The molecule has 4 aliphatic rings. The highest BCUT2D eigenvalue weighted by Crippen LogP contribution is 2.49. The molecule has 13 nitrogen and oxygen atoms in total. The lowest BCUT2D eigenvalue weighted by atomic mass is 9.90. The second-order valence-electron chi connectivity index (χ2n) is 17.6. The van der Waals surface area contributed by atoms with Crippen LogP contribution in [0.2, 0.25) is 0 Å². The van der Waals surface area contributed by atoms with E-state index in [1.54, 1.807) is 25.7 Å². The predicted molar refractivity (Wildman–Crippen MR) is 215 cm³/mol. The lowest BCUT2D eigenvalue weighted by Crippen LogP contribution is -2.56. The van der Waals surface area contributed by atoms with Crippen molar-refractivity contribution >= 4 is 61.3 Å². The maximum Gasteiger partial charge on any atom is 0.412 e. The second kappa shape index (κ2) is 14.2. The van der Waals surface area contributed by atoms with Crippen molar-refractivity contribution in [1.82, 2.24) is 19.8 Å². The molecule has 2 aromatic heterocycles. The van der Waals surface area contributed by atoms with Gasteiger partial charge in [-0.05, 0) is 98.2 Å². The molecule has 2 bridgehead atoms. The van der Waals surface area contributed by atoms with E-state index in [2.05, 4.69) is 26.1 Å². The van der Waals surface area contributed by atoms with Gasteiger partial charge in [0.05, 0.1) is 24.2 Å². The summed E-state index contributed by atoms with van der Waals surface area (Å²) >= 11 is 1.08. The van der Waals surface area contributed by atoms with Crippen molar-refractivity contribution in [1.29, 1.82) is 5.26 Å². The van der Waals surface area contributed by atoms with Gasteiger partial charge in [-0.1, -0.05) is 0 Å². The van der Waals surface area contributed by atoms with Gasteiger partial charge in [0, 0.05) is 65.5 Å². The van der Waals surface area contributed by atoms with Gasteiger partial charge in [-0.15, -0.1) is 11.3 Å². The fraction of sp³-hybridized carbons (Fsp3) is 0.537. The summed E-state index contributed by atoms with van der Waals surface area (Å²) in [6, 6.07) is 4.94. The summed E-state index contributed by atoms with van der Waals surface area (Å²) in [5.41, 5.74) is -0.426. The summed E-state index contributed by atoms with van der Waals surface area (Å²) in [5, 5.41) is 14.0. The zero-order valence-electron chi connectivity index (χ0n) is 33.6. The Labute approximate surface area is 334 Å². The van der Waals surface area contributed by atoms with Gasteiger partial charge in [-0.3, -0.25) is 5.32 Å². The van der Waals surface area contributed by atoms with E-state index in [1.165, 1.54) is 12.1 Å². The van der Waals surface area contributed by atoms with Crippen molar-refractivity contribution in [3.05, 3.63) is 40.5 Å². The van der Waals surface area contributed by atoms with Gasteiger partial charge in [0.1, 0.15) is 39.4 Å². The summed E-state index contributed by atoms with van der Waals surface area (Å²) in [7, 11) is 4.06. The molecule has 16 heteroatoms. The highest BCUT2D eigenvalue weighted by atomic mass is 32.1. The number of fused-ring (bicyclic) bond motifs is 6. The minimum Gasteiger partial charge on any atom is -0.444 e. The molecule has 2 aromatic carbocycles. The maximum absolute atomic E-state index is 17.9. The molecule has 6 heterocycles. The summed E-state index contributed by atoms with van der Waals surface area (Å²) in [6.45, 7) is 13.0. The van der Waals surface area contributed by atoms with Gasteiger partial charge in [0.15, 0.2) is 5.82 Å². The summed E-state index contributed by atoms with van der Waals surface area (Å²) in [6.07, 6.45) is 1.35.